The topological polar surface area (TPSA) is 64.1 Å². The SMILES string of the molecule is Cc1ccc(C)c(Oc2c(C(F)(F)F)oc3c(C[NH+](CC(C)C)CC(C)C)c(O)ccc3c2=O)c1. The second-order valence-electron chi connectivity index (χ2n) is 10.0. The molecule has 0 unspecified atom stereocenters. The van der Waals surface area contributed by atoms with Gasteiger partial charge < -0.3 is 19.2 Å². The molecule has 35 heavy (non-hydrogen) atoms. The van der Waals surface area contributed by atoms with Crippen LogP contribution in [0, 0.1) is 25.7 Å². The van der Waals surface area contributed by atoms with Gasteiger partial charge in [0.05, 0.1) is 24.0 Å². The van der Waals surface area contributed by atoms with Crippen LogP contribution in [0.5, 0.6) is 17.2 Å². The number of rotatable bonds is 8. The van der Waals surface area contributed by atoms with E-state index in [-0.39, 0.29) is 34.6 Å². The van der Waals surface area contributed by atoms with Crippen molar-refractivity contribution < 1.29 is 32.3 Å². The first-order valence-corrected chi connectivity index (χ1v) is 11.8. The van der Waals surface area contributed by atoms with Gasteiger partial charge in [0.2, 0.25) is 11.2 Å². The van der Waals surface area contributed by atoms with Crippen molar-refractivity contribution in [3.05, 3.63) is 63.0 Å². The van der Waals surface area contributed by atoms with E-state index in [9.17, 15) is 23.1 Å². The quantitative estimate of drug-likeness (QED) is 0.428. The van der Waals surface area contributed by atoms with Gasteiger partial charge in [0.1, 0.15) is 18.0 Å². The van der Waals surface area contributed by atoms with Gasteiger partial charge in [0.15, 0.2) is 5.58 Å². The van der Waals surface area contributed by atoms with Crippen molar-refractivity contribution >= 4 is 11.0 Å². The Morgan fingerprint density at radius 3 is 2.23 bits per heavy atom. The minimum Gasteiger partial charge on any atom is -0.507 e. The van der Waals surface area contributed by atoms with Crippen molar-refractivity contribution in [3.63, 3.8) is 0 Å². The Hall–Kier alpha value is -3.00. The van der Waals surface area contributed by atoms with E-state index in [2.05, 4.69) is 27.7 Å². The van der Waals surface area contributed by atoms with Crippen LogP contribution in [-0.4, -0.2) is 18.2 Å². The normalized spacial score (nSPS) is 12.3. The van der Waals surface area contributed by atoms with Crippen molar-refractivity contribution in [1.29, 1.82) is 0 Å². The highest BCUT2D eigenvalue weighted by Gasteiger charge is 2.41. The molecule has 0 aliphatic heterocycles. The minimum atomic E-state index is -4.98. The number of hydrogen-bond donors (Lipinski definition) is 2. The lowest BCUT2D eigenvalue weighted by Gasteiger charge is -2.24. The highest BCUT2D eigenvalue weighted by Crippen LogP contribution is 2.40. The molecule has 2 aromatic carbocycles. The summed E-state index contributed by atoms with van der Waals surface area (Å²) in [6.45, 7) is 13.4. The van der Waals surface area contributed by atoms with Crippen molar-refractivity contribution in [3.8, 4) is 17.2 Å². The van der Waals surface area contributed by atoms with E-state index >= 15 is 0 Å². The molecule has 0 spiro atoms. The zero-order chi connectivity index (χ0) is 26.1. The third-order valence-electron chi connectivity index (χ3n) is 5.73. The molecule has 0 radical (unpaired) electrons. The van der Waals surface area contributed by atoms with Gasteiger partial charge in [-0.25, -0.2) is 0 Å². The van der Waals surface area contributed by atoms with E-state index in [0.717, 1.165) is 23.6 Å². The third-order valence-corrected chi connectivity index (χ3v) is 5.73. The fourth-order valence-corrected chi connectivity index (χ4v) is 4.30. The maximum atomic E-state index is 14.1. The first-order chi connectivity index (χ1) is 16.3. The van der Waals surface area contributed by atoms with Crippen LogP contribution >= 0.6 is 0 Å². The molecule has 0 saturated carbocycles. The number of benzene rings is 2. The van der Waals surface area contributed by atoms with Gasteiger partial charge in [-0.2, -0.15) is 13.2 Å². The molecule has 1 heterocycles. The van der Waals surface area contributed by atoms with Gasteiger partial charge in [-0.3, -0.25) is 4.79 Å². The van der Waals surface area contributed by atoms with E-state index in [4.69, 9.17) is 9.15 Å². The fourth-order valence-electron chi connectivity index (χ4n) is 4.30. The van der Waals surface area contributed by atoms with E-state index in [1.54, 1.807) is 32.0 Å². The maximum absolute atomic E-state index is 14.1. The zero-order valence-electron chi connectivity index (χ0n) is 21.0. The van der Waals surface area contributed by atoms with E-state index in [1.807, 2.05) is 0 Å². The molecule has 0 bridgehead atoms. The first kappa shape index (κ1) is 26.6. The van der Waals surface area contributed by atoms with Gasteiger partial charge in [-0.05, 0) is 43.2 Å². The maximum Gasteiger partial charge on any atom is 0.453 e. The van der Waals surface area contributed by atoms with Crippen molar-refractivity contribution in [2.24, 2.45) is 11.8 Å². The molecule has 0 aliphatic carbocycles. The molecule has 8 heteroatoms. The molecule has 1 aromatic heterocycles. The van der Waals surface area contributed by atoms with Crippen LogP contribution in [0.2, 0.25) is 0 Å². The Bertz CT molecular complexity index is 1250. The van der Waals surface area contributed by atoms with Crippen molar-refractivity contribution in [1.82, 2.24) is 0 Å². The number of nitrogens with one attached hydrogen (secondary N) is 1. The molecule has 3 rings (SSSR count). The molecule has 0 fully saturated rings. The smallest absolute Gasteiger partial charge is 0.453 e. The molecule has 2 N–H and O–H groups in total. The average Bonchev–Trinajstić information content (AvgIpc) is 2.72. The largest absolute Gasteiger partial charge is 0.507 e. The van der Waals surface area contributed by atoms with Crippen LogP contribution in [-0.2, 0) is 12.7 Å². The van der Waals surface area contributed by atoms with E-state index in [1.165, 1.54) is 12.1 Å². The standard InChI is InChI=1S/C27H32F3NO4/c1-15(2)12-31(13-16(3)4)14-20-21(32)10-9-19-23(33)25(26(27(28,29)30)35-24(19)20)34-22-11-17(5)7-8-18(22)6/h7-11,15-16,32H,12-14H2,1-6H3/p+1. The van der Waals surface area contributed by atoms with Crippen molar-refractivity contribution in [2.45, 2.75) is 54.3 Å². The molecule has 0 aliphatic rings. The molecule has 3 aromatic rings. The summed E-state index contributed by atoms with van der Waals surface area (Å²) in [5.41, 5.74) is 0.335. The summed E-state index contributed by atoms with van der Waals surface area (Å²) in [5, 5.41) is 10.5. The predicted octanol–water partition coefficient (Wildman–Crippen LogP) is 5.62. The minimum absolute atomic E-state index is 0.0699. The van der Waals surface area contributed by atoms with Crippen LogP contribution in [0.3, 0.4) is 0 Å². The second kappa shape index (κ2) is 10.3. The summed E-state index contributed by atoms with van der Waals surface area (Å²) in [6, 6.07) is 7.68. The number of halogens is 3. The number of ether oxygens (including phenoxy) is 1. The van der Waals surface area contributed by atoms with Crippen LogP contribution in [0.4, 0.5) is 13.2 Å². The number of alkyl halides is 3. The van der Waals surface area contributed by atoms with Crippen LogP contribution in [0.1, 0.15) is 50.1 Å². The molecule has 5 nitrogen and oxygen atoms in total. The van der Waals surface area contributed by atoms with Gasteiger partial charge >= 0.3 is 6.18 Å². The van der Waals surface area contributed by atoms with E-state index < -0.39 is 23.1 Å². The molecule has 0 saturated heterocycles. The zero-order valence-corrected chi connectivity index (χ0v) is 21.0. The molecular weight excluding hydrogens is 459 g/mol. The Morgan fingerprint density at radius 2 is 1.66 bits per heavy atom. The highest BCUT2D eigenvalue weighted by atomic mass is 19.4. The van der Waals surface area contributed by atoms with Crippen LogP contribution in [0.15, 0.2) is 39.5 Å². The predicted molar refractivity (Wildman–Crippen MR) is 129 cm³/mol. The Labute approximate surface area is 203 Å². The van der Waals surface area contributed by atoms with Gasteiger partial charge in [-0.1, -0.05) is 39.8 Å². The second-order valence-corrected chi connectivity index (χ2v) is 10.0. The molecular formula is C27H33F3NO4+. The number of fused-ring (bicyclic) bond motifs is 1. The molecule has 0 amide bonds. The average molecular weight is 493 g/mol. The Balaban J connectivity index is 2.22. The summed E-state index contributed by atoms with van der Waals surface area (Å²) in [5.74, 6) is -1.83. The number of aromatic hydroxyl groups is 1. The van der Waals surface area contributed by atoms with Gasteiger partial charge in [0.25, 0.3) is 5.76 Å². The lowest BCUT2D eigenvalue weighted by molar-refractivity contribution is -0.919. The summed E-state index contributed by atoms with van der Waals surface area (Å²) in [7, 11) is 0. The Morgan fingerprint density at radius 1 is 1.03 bits per heavy atom. The first-order valence-electron chi connectivity index (χ1n) is 11.8. The summed E-state index contributed by atoms with van der Waals surface area (Å²) in [6.07, 6.45) is -4.98. The number of aryl methyl sites for hydroxylation is 2. The lowest BCUT2D eigenvalue weighted by Crippen LogP contribution is -3.11. The lowest BCUT2D eigenvalue weighted by atomic mass is 10.1. The number of hydrogen-bond acceptors (Lipinski definition) is 4. The fraction of sp³-hybridized carbons (Fsp3) is 0.444. The third kappa shape index (κ3) is 6.17. The summed E-state index contributed by atoms with van der Waals surface area (Å²) < 4.78 is 53.2. The summed E-state index contributed by atoms with van der Waals surface area (Å²) >= 11 is 0. The number of phenolic OH excluding ortho intramolecular Hbond substituents is 1. The molecule has 0 atom stereocenters. The van der Waals surface area contributed by atoms with Gasteiger partial charge in [0, 0.05) is 11.8 Å². The van der Waals surface area contributed by atoms with E-state index in [0.29, 0.717) is 17.4 Å². The molecule has 190 valence electrons. The monoisotopic (exact) mass is 492 g/mol. The van der Waals surface area contributed by atoms with Crippen LogP contribution in [0.25, 0.3) is 11.0 Å². The number of phenols is 1. The Kier molecular flexibility index (Phi) is 7.84. The summed E-state index contributed by atoms with van der Waals surface area (Å²) in [4.78, 5) is 14.4. The van der Waals surface area contributed by atoms with Gasteiger partial charge in [-0.15, -0.1) is 0 Å². The van der Waals surface area contributed by atoms with Crippen molar-refractivity contribution in [2.75, 3.05) is 13.1 Å². The van der Waals surface area contributed by atoms with Crippen LogP contribution < -0.4 is 15.1 Å². The number of quaternary nitrogens is 1. The highest BCUT2D eigenvalue weighted by molar-refractivity contribution is 5.83.